The molecular weight excluding hydrogens is 240 g/mol. The van der Waals surface area contributed by atoms with Gasteiger partial charge in [0.25, 0.3) is 5.91 Å². The van der Waals surface area contributed by atoms with Gasteiger partial charge in [0.05, 0.1) is 0 Å². The maximum absolute atomic E-state index is 12.4. The number of benzene rings is 1. The molecule has 0 aromatic heterocycles. The van der Waals surface area contributed by atoms with Crippen molar-refractivity contribution in [3.8, 4) is 0 Å². The highest BCUT2D eigenvalue weighted by molar-refractivity contribution is 5.94. The molecule has 0 radical (unpaired) electrons. The molecule has 4 heteroatoms. The first-order valence-corrected chi connectivity index (χ1v) is 6.88. The Morgan fingerprint density at radius 2 is 1.89 bits per heavy atom. The summed E-state index contributed by atoms with van der Waals surface area (Å²) in [7, 11) is 0. The van der Waals surface area contributed by atoms with Crippen LogP contribution in [-0.2, 0) is 4.79 Å². The second-order valence-electron chi connectivity index (χ2n) is 5.35. The maximum atomic E-state index is 12.4. The van der Waals surface area contributed by atoms with Crippen molar-refractivity contribution < 1.29 is 9.59 Å². The zero-order valence-electron chi connectivity index (χ0n) is 10.8. The minimum atomic E-state index is 0.0842. The Morgan fingerprint density at radius 3 is 2.68 bits per heavy atom. The topological polar surface area (TPSA) is 49.4 Å². The summed E-state index contributed by atoms with van der Waals surface area (Å²) in [6, 6.07) is 9.37. The molecule has 0 spiro atoms. The molecular formula is C15H18N2O2. The van der Waals surface area contributed by atoms with E-state index < -0.39 is 0 Å². The molecule has 1 aromatic rings. The molecule has 1 aromatic carbocycles. The number of likely N-dealkylation sites (tertiary alicyclic amines) is 1. The molecule has 2 fully saturated rings. The Hall–Kier alpha value is -1.84. The summed E-state index contributed by atoms with van der Waals surface area (Å²) < 4.78 is 0. The lowest BCUT2D eigenvalue weighted by Gasteiger charge is -2.20. The van der Waals surface area contributed by atoms with E-state index in [0.717, 1.165) is 31.5 Å². The van der Waals surface area contributed by atoms with Crippen LogP contribution in [0.3, 0.4) is 0 Å². The van der Waals surface area contributed by atoms with Crippen molar-refractivity contribution in [1.29, 1.82) is 0 Å². The number of carbonyl (C=O) groups is 2. The Kier molecular flexibility index (Phi) is 3.23. The zero-order chi connectivity index (χ0) is 13.2. The van der Waals surface area contributed by atoms with Crippen LogP contribution in [-0.4, -0.2) is 36.3 Å². The highest BCUT2D eigenvalue weighted by Gasteiger charge is 2.37. The van der Waals surface area contributed by atoms with Crippen molar-refractivity contribution in [3.05, 3.63) is 35.9 Å². The Bertz CT molecular complexity index is 486. The van der Waals surface area contributed by atoms with Gasteiger partial charge in [-0.25, -0.2) is 0 Å². The molecule has 0 aliphatic carbocycles. The standard InChI is InChI=1S/C15H18N2O2/c18-14-13-7-9-17(8-6-12(13)10-16-14)15(19)11-4-2-1-3-5-11/h1-5,12-13H,6-10H2,(H,16,18)/t12-,13+/m1/s1. The monoisotopic (exact) mass is 258 g/mol. The fraction of sp³-hybridized carbons (Fsp3) is 0.467. The predicted octanol–water partition coefficient (Wildman–Crippen LogP) is 1.28. The molecule has 2 amide bonds. The lowest BCUT2D eigenvalue weighted by molar-refractivity contribution is -0.123. The van der Waals surface area contributed by atoms with E-state index in [4.69, 9.17) is 0 Å². The first-order valence-electron chi connectivity index (χ1n) is 6.88. The third-order valence-corrected chi connectivity index (χ3v) is 4.23. The van der Waals surface area contributed by atoms with Gasteiger partial charge in [-0.05, 0) is 30.9 Å². The van der Waals surface area contributed by atoms with E-state index in [0.29, 0.717) is 12.5 Å². The van der Waals surface area contributed by atoms with Gasteiger partial charge in [0, 0.05) is 31.1 Å². The average molecular weight is 258 g/mol. The van der Waals surface area contributed by atoms with E-state index in [9.17, 15) is 9.59 Å². The van der Waals surface area contributed by atoms with Crippen LogP contribution in [0.15, 0.2) is 30.3 Å². The second-order valence-corrected chi connectivity index (χ2v) is 5.35. The maximum Gasteiger partial charge on any atom is 0.253 e. The molecule has 2 saturated heterocycles. The van der Waals surface area contributed by atoms with Gasteiger partial charge in [0.1, 0.15) is 0 Å². The Morgan fingerprint density at radius 1 is 1.16 bits per heavy atom. The molecule has 2 atom stereocenters. The molecule has 0 saturated carbocycles. The fourth-order valence-electron chi connectivity index (χ4n) is 3.08. The first kappa shape index (κ1) is 12.2. The van der Waals surface area contributed by atoms with Gasteiger partial charge in [-0.2, -0.15) is 0 Å². The van der Waals surface area contributed by atoms with Gasteiger partial charge >= 0.3 is 0 Å². The van der Waals surface area contributed by atoms with Crippen LogP contribution < -0.4 is 5.32 Å². The van der Waals surface area contributed by atoms with Gasteiger partial charge < -0.3 is 10.2 Å². The second kappa shape index (κ2) is 5.03. The van der Waals surface area contributed by atoms with Crippen LogP contribution in [0, 0.1) is 11.8 Å². The molecule has 19 heavy (non-hydrogen) atoms. The van der Waals surface area contributed by atoms with E-state index in [1.54, 1.807) is 0 Å². The third kappa shape index (κ3) is 2.35. The number of nitrogens with zero attached hydrogens (tertiary/aromatic N) is 1. The van der Waals surface area contributed by atoms with Crippen molar-refractivity contribution >= 4 is 11.8 Å². The summed E-state index contributed by atoms with van der Waals surface area (Å²) in [6.45, 7) is 2.21. The normalized spacial score (nSPS) is 26.5. The van der Waals surface area contributed by atoms with E-state index >= 15 is 0 Å². The number of carbonyl (C=O) groups excluding carboxylic acids is 2. The lowest BCUT2D eigenvalue weighted by Crippen LogP contribution is -2.33. The fourth-order valence-corrected chi connectivity index (χ4v) is 3.08. The van der Waals surface area contributed by atoms with Crippen LogP contribution in [0.5, 0.6) is 0 Å². The summed E-state index contributed by atoms with van der Waals surface area (Å²) in [4.78, 5) is 26.0. The molecule has 0 bridgehead atoms. The summed E-state index contributed by atoms with van der Waals surface area (Å²) >= 11 is 0. The van der Waals surface area contributed by atoms with E-state index in [1.807, 2.05) is 35.2 Å². The summed E-state index contributed by atoms with van der Waals surface area (Å²) in [5.74, 6) is 0.759. The SMILES string of the molecule is O=C1NC[C@H]2CCN(C(=O)c3ccccc3)CC[C@H]12. The molecule has 100 valence electrons. The van der Waals surface area contributed by atoms with Gasteiger partial charge in [0.15, 0.2) is 0 Å². The van der Waals surface area contributed by atoms with Crippen LogP contribution >= 0.6 is 0 Å². The molecule has 3 rings (SSSR count). The van der Waals surface area contributed by atoms with Crippen molar-refractivity contribution in [2.45, 2.75) is 12.8 Å². The summed E-state index contributed by atoms with van der Waals surface area (Å²) in [5.41, 5.74) is 0.735. The van der Waals surface area contributed by atoms with Gasteiger partial charge in [-0.15, -0.1) is 0 Å². The van der Waals surface area contributed by atoms with Crippen molar-refractivity contribution in [2.24, 2.45) is 11.8 Å². The summed E-state index contributed by atoms with van der Waals surface area (Å²) in [5, 5.41) is 2.92. The van der Waals surface area contributed by atoms with Gasteiger partial charge in [0.2, 0.25) is 5.91 Å². The Labute approximate surface area is 112 Å². The minimum absolute atomic E-state index is 0.0842. The number of nitrogens with one attached hydrogen (secondary N) is 1. The van der Waals surface area contributed by atoms with Crippen molar-refractivity contribution in [2.75, 3.05) is 19.6 Å². The van der Waals surface area contributed by atoms with E-state index in [1.165, 1.54) is 0 Å². The molecule has 2 heterocycles. The zero-order valence-corrected chi connectivity index (χ0v) is 10.8. The number of hydrogen-bond acceptors (Lipinski definition) is 2. The van der Waals surface area contributed by atoms with Crippen LogP contribution in [0.4, 0.5) is 0 Å². The molecule has 2 aliphatic rings. The molecule has 1 N–H and O–H groups in total. The summed E-state index contributed by atoms with van der Waals surface area (Å²) in [6.07, 6.45) is 1.71. The number of fused-ring (bicyclic) bond motifs is 1. The van der Waals surface area contributed by atoms with E-state index in [2.05, 4.69) is 5.32 Å². The average Bonchev–Trinajstić information content (AvgIpc) is 2.68. The predicted molar refractivity (Wildman–Crippen MR) is 71.6 cm³/mol. The van der Waals surface area contributed by atoms with Gasteiger partial charge in [-0.1, -0.05) is 18.2 Å². The van der Waals surface area contributed by atoms with Crippen LogP contribution in [0.1, 0.15) is 23.2 Å². The largest absolute Gasteiger partial charge is 0.356 e. The first-order chi connectivity index (χ1) is 9.25. The number of rotatable bonds is 1. The third-order valence-electron chi connectivity index (χ3n) is 4.23. The van der Waals surface area contributed by atoms with Crippen molar-refractivity contribution in [3.63, 3.8) is 0 Å². The van der Waals surface area contributed by atoms with E-state index in [-0.39, 0.29) is 17.7 Å². The number of amides is 2. The molecule has 2 aliphatic heterocycles. The molecule has 4 nitrogen and oxygen atoms in total. The highest BCUT2D eigenvalue weighted by Crippen LogP contribution is 2.28. The Balaban J connectivity index is 1.71. The molecule has 0 unspecified atom stereocenters. The van der Waals surface area contributed by atoms with Crippen LogP contribution in [0.2, 0.25) is 0 Å². The lowest BCUT2D eigenvalue weighted by atomic mass is 9.91. The number of hydrogen-bond donors (Lipinski definition) is 1. The smallest absolute Gasteiger partial charge is 0.253 e. The minimum Gasteiger partial charge on any atom is -0.356 e. The van der Waals surface area contributed by atoms with Gasteiger partial charge in [-0.3, -0.25) is 9.59 Å². The highest BCUT2D eigenvalue weighted by atomic mass is 16.2. The van der Waals surface area contributed by atoms with Crippen molar-refractivity contribution in [1.82, 2.24) is 10.2 Å². The quantitative estimate of drug-likeness (QED) is 0.825. The van der Waals surface area contributed by atoms with Crippen LogP contribution in [0.25, 0.3) is 0 Å².